The SMILES string of the molecule is Cc1c(NC(=O)c2ccccc2)cnn1-c1ccc([N+](=O)[O-])cc1. The summed E-state index contributed by atoms with van der Waals surface area (Å²) in [5, 5.41) is 17.8. The largest absolute Gasteiger partial charge is 0.319 e. The number of hydrogen-bond donors (Lipinski definition) is 1. The quantitative estimate of drug-likeness (QED) is 0.589. The highest BCUT2D eigenvalue weighted by molar-refractivity contribution is 6.04. The predicted molar refractivity (Wildman–Crippen MR) is 89.4 cm³/mol. The maximum absolute atomic E-state index is 12.2. The number of carbonyl (C=O) groups is 1. The Morgan fingerprint density at radius 2 is 1.79 bits per heavy atom. The third kappa shape index (κ3) is 3.00. The van der Waals surface area contributed by atoms with Crippen LogP contribution in [0.3, 0.4) is 0 Å². The van der Waals surface area contributed by atoms with Crippen molar-refractivity contribution in [1.29, 1.82) is 0 Å². The molecule has 1 amide bonds. The van der Waals surface area contributed by atoms with Crippen LogP contribution in [0.1, 0.15) is 16.1 Å². The second kappa shape index (κ2) is 6.33. The molecule has 0 aliphatic carbocycles. The van der Waals surface area contributed by atoms with Gasteiger partial charge in [0.05, 0.1) is 28.2 Å². The molecule has 1 N–H and O–H groups in total. The van der Waals surface area contributed by atoms with Gasteiger partial charge >= 0.3 is 0 Å². The Labute approximate surface area is 137 Å². The van der Waals surface area contributed by atoms with Crippen molar-refractivity contribution in [1.82, 2.24) is 9.78 Å². The number of hydrogen-bond acceptors (Lipinski definition) is 4. The molecule has 0 fully saturated rings. The highest BCUT2D eigenvalue weighted by Gasteiger charge is 2.13. The fourth-order valence-electron chi connectivity index (χ4n) is 2.29. The Balaban J connectivity index is 1.83. The minimum atomic E-state index is -0.453. The molecule has 120 valence electrons. The van der Waals surface area contributed by atoms with E-state index < -0.39 is 4.92 Å². The van der Waals surface area contributed by atoms with Gasteiger partial charge in [-0.25, -0.2) is 4.68 Å². The number of non-ortho nitro benzene ring substituents is 1. The van der Waals surface area contributed by atoms with Gasteiger partial charge in [0.1, 0.15) is 0 Å². The molecule has 3 aromatic rings. The molecule has 0 atom stereocenters. The third-order valence-corrected chi connectivity index (χ3v) is 3.60. The maximum atomic E-state index is 12.2. The molecular formula is C17H14N4O3. The molecule has 3 rings (SSSR count). The summed E-state index contributed by atoms with van der Waals surface area (Å²) in [6.45, 7) is 1.81. The van der Waals surface area contributed by atoms with E-state index in [1.807, 2.05) is 13.0 Å². The second-order valence-electron chi connectivity index (χ2n) is 5.15. The Morgan fingerprint density at radius 1 is 1.12 bits per heavy atom. The standard InChI is InChI=1S/C17H14N4O3/c1-12-16(19-17(22)13-5-3-2-4-6-13)11-18-20(12)14-7-9-15(10-8-14)21(23)24/h2-11H,1H3,(H,19,22). The second-order valence-corrected chi connectivity index (χ2v) is 5.15. The molecule has 7 nitrogen and oxygen atoms in total. The Kier molecular flexibility index (Phi) is 4.07. The molecule has 0 bridgehead atoms. The van der Waals surface area contributed by atoms with E-state index in [2.05, 4.69) is 10.4 Å². The topological polar surface area (TPSA) is 90.1 Å². The van der Waals surface area contributed by atoms with Gasteiger partial charge < -0.3 is 5.32 Å². The summed E-state index contributed by atoms with van der Waals surface area (Å²) in [5.41, 5.74) is 2.56. The third-order valence-electron chi connectivity index (χ3n) is 3.60. The molecule has 0 aliphatic heterocycles. The fourth-order valence-corrected chi connectivity index (χ4v) is 2.29. The van der Waals surface area contributed by atoms with E-state index in [0.29, 0.717) is 16.9 Å². The first-order valence-corrected chi connectivity index (χ1v) is 7.22. The van der Waals surface area contributed by atoms with Gasteiger partial charge in [0.25, 0.3) is 11.6 Å². The van der Waals surface area contributed by atoms with Crippen molar-refractivity contribution in [3.8, 4) is 5.69 Å². The lowest BCUT2D eigenvalue weighted by atomic mass is 10.2. The molecule has 0 aliphatic rings. The monoisotopic (exact) mass is 322 g/mol. The van der Waals surface area contributed by atoms with E-state index in [-0.39, 0.29) is 11.6 Å². The lowest BCUT2D eigenvalue weighted by Crippen LogP contribution is -2.12. The number of amides is 1. The zero-order valence-corrected chi connectivity index (χ0v) is 12.8. The van der Waals surface area contributed by atoms with Gasteiger partial charge in [0.15, 0.2) is 0 Å². The summed E-state index contributed by atoms with van der Waals surface area (Å²) in [4.78, 5) is 22.5. The van der Waals surface area contributed by atoms with Gasteiger partial charge in [0, 0.05) is 17.7 Å². The highest BCUT2D eigenvalue weighted by atomic mass is 16.6. The highest BCUT2D eigenvalue weighted by Crippen LogP contribution is 2.21. The summed E-state index contributed by atoms with van der Waals surface area (Å²) < 4.78 is 1.62. The van der Waals surface area contributed by atoms with Crippen molar-refractivity contribution in [3.63, 3.8) is 0 Å². The average Bonchev–Trinajstić information content (AvgIpc) is 2.96. The van der Waals surface area contributed by atoms with E-state index in [0.717, 1.165) is 5.69 Å². The Hall–Kier alpha value is -3.48. The van der Waals surface area contributed by atoms with Crippen LogP contribution in [0.2, 0.25) is 0 Å². The maximum Gasteiger partial charge on any atom is 0.269 e. The molecule has 0 unspecified atom stereocenters. The molecule has 1 aromatic heterocycles. The van der Waals surface area contributed by atoms with Gasteiger partial charge in [-0.05, 0) is 31.2 Å². The zero-order chi connectivity index (χ0) is 17.1. The van der Waals surface area contributed by atoms with Gasteiger partial charge in [0.2, 0.25) is 0 Å². The van der Waals surface area contributed by atoms with Crippen LogP contribution in [0.4, 0.5) is 11.4 Å². The minimum absolute atomic E-state index is 0.0150. The van der Waals surface area contributed by atoms with Crippen LogP contribution < -0.4 is 5.32 Å². The first-order chi connectivity index (χ1) is 11.6. The van der Waals surface area contributed by atoms with Crippen LogP contribution in [0, 0.1) is 17.0 Å². The van der Waals surface area contributed by atoms with Crippen molar-refractivity contribution in [2.45, 2.75) is 6.92 Å². The summed E-state index contributed by atoms with van der Waals surface area (Å²) >= 11 is 0. The lowest BCUT2D eigenvalue weighted by molar-refractivity contribution is -0.384. The summed E-state index contributed by atoms with van der Waals surface area (Å²) in [6.07, 6.45) is 1.55. The summed E-state index contributed by atoms with van der Waals surface area (Å²) in [6, 6.07) is 14.9. The number of rotatable bonds is 4. The fraction of sp³-hybridized carbons (Fsp3) is 0.0588. The minimum Gasteiger partial charge on any atom is -0.319 e. The predicted octanol–water partition coefficient (Wildman–Crippen LogP) is 3.34. The van der Waals surface area contributed by atoms with Crippen molar-refractivity contribution in [2.24, 2.45) is 0 Å². The number of anilines is 1. The van der Waals surface area contributed by atoms with Crippen molar-refractivity contribution in [3.05, 3.63) is 82.2 Å². The van der Waals surface area contributed by atoms with E-state index in [1.54, 1.807) is 47.3 Å². The van der Waals surface area contributed by atoms with Crippen molar-refractivity contribution >= 4 is 17.3 Å². The number of aromatic nitrogens is 2. The molecule has 0 saturated carbocycles. The number of nitro groups is 1. The number of nitrogens with one attached hydrogen (secondary N) is 1. The van der Waals surface area contributed by atoms with Gasteiger partial charge in [-0.3, -0.25) is 14.9 Å². The van der Waals surface area contributed by atoms with Gasteiger partial charge in [-0.1, -0.05) is 18.2 Å². The number of carbonyl (C=O) groups excluding carboxylic acids is 1. The van der Waals surface area contributed by atoms with Crippen LogP contribution in [0.25, 0.3) is 5.69 Å². The van der Waals surface area contributed by atoms with Crippen LogP contribution in [-0.4, -0.2) is 20.6 Å². The molecular weight excluding hydrogens is 308 g/mol. The van der Waals surface area contributed by atoms with E-state index in [9.17, 15) is 14.9 Å². The molecule has 7 heteroatoms. The smallest absolute Gasteiger partial charge is 0.269 e. The van der Waals surface area contributed by atoms with Crippen LogP contribution in [0.5, 0.6) is 0 Å². The molecule has 0 radical (unpaired) electrons. The molecule has 0 saturated heterocycles. The van der Waals surface area contributed by atoms with Crippen LogP contribution in [0.15, 0.2) is 60.8 Å². The van der Waals surface area contributed by atoms with Crippen LogP contribution in [-0.2, 0) is 0 Å². The summed E-state index contributed by atoms with van der Waals surface area (Å²) in [7, 11) is 0. The first-order valence-electron chi connectivity index (χ1n) is 7.22. The molecule has 24 heavy (non-hydrogen) atoms. The first kappa shape index (κ1) is 15.4. The molecule has 0 spiro atoms. The van der Waals surface area contributed by atoms with Crippen molar-refractivity contribution in [2.75, 3.05) is 5.32 Å². The Morgan fingerprint density at radius 3 is 2.42 bits per heavy atom. The number of nitrogens with zero attached hydrogens (tertiary/aromatic N) is 3. The Bertz CT molecular complexity index is 886. The average molecular weight is 322 g/mol. The molecule has 1 heterocycles. The zero-order valence-electron chi connectivity index (χ0n) is 12.8. The normalized spacial score (nSPS) is 10.4. The molecule has 2 aromatic carbocycles. The number of benzene rings is 2. The van der Waals surface area contributed by atoms with Gasteiger partial charge in [-0.2, -0.15) is 5.10 Å². The number of nitro benzene ring substituents is 1. The van der Waals surface area contributed by atoms with E-state index >= 15 is 0 Å². The van der Waals surface area contributed by atoms with E-state index in [1.165, 1.54) is 12.1 Å². The van der Waals surface area contributed by atoms with E-state index in [4.69, 9.17) is 0 Å². The van der Waals surface area contributed by atoms with Gasteiger partial charge in [-0.15, -0.1) is 0 Å². The van der Waals surface area contributed by atoms with Crippen molar-refractivity contribution < 1.29 is 9.72 Å². The lowest BCUT2D eigenvalue weighted by Gasteiger charge is -2.07. The summed E-state index contributed by atoms with van der Waals surface area (Å²) in [5.74, 6) is -0.220. The van der Waals surface area contributed by atoms with Crippen LogP contribution >= 0.6 is 0 Å².